The maximum Gasteiger partial charge on any atom is 0.0488 e. The Hall–Kier alpha value is -0.860. The zero-order valence-corrected chi connectivity index (χ0v) is 13.3. The van der Waals surface area contributed by atoms with E-state index in [0.717, 1.165) is 5.92 Å². The van der Waals surface area contributed by atoms with Crippen molar-refractivity contribution in [3.8, 4) is 0 Å². The number of hydrogen-bond acceptors (Lipinski definition) is 2. The van der Waals surface area contributed by atoms with E-state index < -0.39 is 0 Å². The Morgan fingerprint density at radius 2 is 1.85 bits per heavy atom. The number of hydrazine groups is 1. The molecule has 20 heavy (non-hydrogen) atoms. The van der Waals surface area contributed by atoms with E-state index in [9.17, 15) is 0 Å². The zero-order valence-electron chi connectivity index (χ0n) is 13.3. The van der Waals surface area contributed by atoms with Crippen LogP contribution in [0, 0.1) is 25.7 Å². The van der Waals surface area contributed by atoms with Gasteiger partial charge in [-0.15, -0.1) is 0 Å². The predicted octanol–water partition coefficient (Wildman–Crippen LogP) is 4.41. The predicted molar refractivity (Wildman–Crippen MR) is 86.3 cm³/mol. The molecule has 112 valence electrons. The molecule has 0 saturated heterocycles. The Kier molecular flexibility index (Phi) is 5.62. The van der Waals surface area contributed by atoms with E-state index in [1.54, 1.807) is 0 Å². The summed E-state index contributed by atoms with van der Waals surface area (Å²) < 4.78 is 0. The number of nitrogens with one attached hydrogen (secondary N) is 1. The number of nitrogens with two attached hydrogens (primary N) is 1. The highest BCUT2D eigenvalue weighted by Gasteiger charge is 2.27. The first-order valence-electron chi connectivity index (χ1n) is 8.19. The quantitative estimate of drug-likeness (QED) is 0.616. The first-order valence-corrected chi connectivity index (χ1v) is 8.19. The van der Waals surface area contributed by atoms with Crippen molar-refractivity contribution in [2.45, 2.75) is 65.3 Å². The summed E-state index contributed by atoms with van der Waals surface area (Å²) in [5.74, 6) is 7.51. The molecule has 1 aliphatic carbocycles. The lowest BCUT2D eigenvalue weighted by molar-refractivity contribution is 0.215. The van der Waals surface area contributed by atoms with Crippen molar-refractivity contribution < 1.29 is 0 Å². The van der Waals surface area contributed by atoms with Gasteiger partial charge in [0.05, 0.1) is 0 Å². The van der Waals surface area contributed by atoms with Crippen molar-refractivity contribution >= 4 is 0 Å². The Balaban J connectivity index is 2.03. The Morgan fingerprint density at radius 1 is 1.15 bits per heavy atom. The van der Waals surface area contributed by atoms with Crippen molar-refractivity contribution in [2.75, 3.05) is 0 Å². The maximum absolute atomic E-state index is 5.87. The van der Waals surface area contributed by atoms with Crippen LogP contribution < -0.4 is 11.3 Å². The van der Waals surface area contributed by atoms with Crippen LogP contribution in [0.2, 0.25) is 0 Å². The number of aryl methyl sites for hydroxylation is 2. The van der Waals surface area contributed by atoms with Gasteiger partial charge in [0.15, 0.2) is 0 Å². The normalized spacial score (nSPS) is 24.6. The Morgan fingerprint density at radius 3 is 2.40 bits per heavy atom. The van der Waals surface area contributed by atoms with Crippen LogP contribution in [0.1, 0.15) is 68.2 Å². The average Bonchev–Trinajstić information content (AvgIpc) is 2.46. The number of rotatable bonds is 5. The summed E-state index contributed by atoms with van der Waals surface area (Å²) >= 11 is 0. The molecule has 0 bridgehead atoms. The second-order valence-corrected chi connectivity index (χ2v) is 6.56. The second kappa shape index (κ2) is 7.24. The highest BCUT2D eigenvalue weighted by atomic mass is 15.2. The fourth-order valence-corrected chi connectivity index (χ4v) is 3.68. The van der Waals surface area contributed by atoms with E-state index >= 15 is 0 Å². The summed E-state index contributed by atoms with van der Waals surface area (Å²) in [5, 5.41) is 0. The van der Waals surface area contributed by atoms with Crippen LogP contribution >= 0.6 is 0 Å². The molecule has 0 aromatic heterocycles. The van der Waals surface area contributed by atoms with Crippen LogP contribution in [0.15, 0.2) is 18.2 Å². The lowest BCUT2D eigenvalue weighted by atomic mass is 9.75. The number of benzene rings is 1. The molecule has 2 rings (SSSR count). The summed E-state index contributed by atoms with van der Waals surface area (Å²) in [6.45, 7) is 6.65. The fraction of sp³-hybridized carbons (Fsp3) is 0.667. The third kappa shape index (κ3) is 3.62. The lowest BCUT2D eigenvalue weighted by Crippen LogP contribution is -2.35. The molecule has 2 heteroatoms. The van der Waals surface area contributed by atoms with Crippen LogP contribution in [-0.2, 0) is 0 Å². The van der Waals surface area contributed by atoms with E-state index in [4.69, 9.17) is 5.84 Å². The third-order valence-corrected chi connectivity index (χ3v) is 5.13. The largest absolute Gasteiger partial charge is 0.271 e. The lowest BCUT2D eigenvalue weighted by Gasteiger charge is -2.34. The standard InChI is InChI=1S/C18H30N2/c1-4-5-15-7-10-16(11-8-15)18(20-19)17-9-6-13(2)14(3)12-17/h6,9,12,15-16,18,20H,4-5,7-8,10-11,19H2,1-3H3. The SMILES string of the molecule is CCCC1CCC(C(NN)c2ccc(C)c(C)c2)CC1. The van der Waals surface area contributed by atoms with Gasteiger partial charge >= 0.3 is 0 Å². The van der Waals surface area contributed by atoms with Gasteiger partial charge in [0.1, 0.15) is 0 Å². The van der Waals surface area contributed by atoms with Gasteiger partial charge in [-0.05, 0) is 55.2 Å². The highest BCUT2D eigenvalue weighted by molar-refractivity contribution is 5.32. The molecule has 1 aromatic carbocycles. The van der Waals surface area contributed by atoms with Gasteiger partial charge in [-0.25, -0.2) is 0 Å². The minimum Gasteiger partial charge on any atom is -0.271 e. The molecule has 1 aliphatic rings. The molecule has 0 heterocycles. The van der Waals surface area contributed by atoms with Gasteiger partial charge < -0.3 is 0 Å². The van der Waals surface area contributed by atoms with Crippen molar-refractivity contribution in [1.82, 2.24) is 5.43 Å². The summed E-state index contributed by atoms with van der Waals surface area (Å²) in [6.07, 6.45) is 8.10. The minimum absolute atomic E-state index is 0.317. The first-order chi connectivity index (χ1) is 9.65. The molecule has 0 amide bonds. The molecule has 0 radical (unpaired) electrons. The van der Waals surface area contributed by atoms with Gasteiger partial charge in [0.2, 0.25) is 0 Å². The van der Waals surface area contributed by atoms with E-state index in [1.807, 2.05) is 0 Å². The molecule has 0 spiro atoms. The van der Waals surface area contributed by atoms with Crippen LogP contribution in [0.5, 0.6) is 0 Å². The molecule has 3 N–H and O–H groups in total. The van der Waals surface area contributed by atoms with Crippen LogP contribution in [0.4, 0.5) is 0 Å². The fourth-order valence-electron chi connectivity index (χ4n) is 3.68. The van der Waals surface area contributed by atoms with Gasteiger partial charge in [0.25, 0.3) is 0 Å². The molecule has 1 unspecified atom stereocenters. The molecular weight excluding hydrogens is 244 g/mol. The third-order valence-electron chi connectivity index (χ3n) is 5.13. The van der Waals surface area contributed by atoms with Gasteiger partial charge in [-0.2, -0.15) is 0 Å². The van der Waals surface area contributed by atoms with Crippen LogP contribution in [0.3, 0.4) is 0 Å². The number of hydrogen-bond donors (Lipinski definition) is 2. The maximum atomic E-state index is 5.87. The van der Waals surface area contributed by atoms with Crippen LogP contribution in [0.25, 0.3) is 0 Å². The zero-order chi connectivity index (χ0) is 14.5. The average molecular weight is 274 g/mol. The van der Waals surface area contributed by atoms with E-state index in [2.05, 4.69) is 44.4 Å². The molecular formula is C18H30N2. The van der Waals surface area contributed by atoms with Gasteiger partial charge in [0, 0.05) is 6.04 Å². The van der Waals surface area contributed by atoms with E-state index in [1.165, 1.54) is 55.2 Å². The topological polar surface area (TPSA) is 38.0 Å². The van der Waals surface area contributed by atoms with Gasteiger partial charge in [-0.1, -0.05) is 50.8 Å². The van der Waals surface area contributed by atoms with E-state index in [-0.39, 0.29) is 0 Å². The second-order valence-electron chi connectivity index (χ2n) is 6.56. The molecule has 1 atom stereocenters. The summed E-state index contributed by atoms with van der Waals surface area (Å²) in [5.41, 5.74) is 7.16. The summed E-state index contributed by atoms with van der Waals surface area (Å²) in [4.78, 5) is 0. The van der Waals surface area contributed by atoms with Crippen molar-refractivity contribution in [3.05, 3.63) is 34.9 Å². The Labute approximate surface area is 124 Å². The van der Waals surface area contributed by atoms with Gasteiger partial charge in [-0.3, -0.25) is 11.3 Å². The smallest absolute Gasteiger partial charge is 0.0488 e. The van der Waals surface area contributed by atoms with Crippen LogP contribution in [-0.4, -0.2) is 0 Å². The monoisotopic (exact) mass is 274 g/mol. The molecule has 2 nitrogen and oxygen atoms in total. The molecule has 0 aliphatic heterocycles. The molecule has 1 fully saturated rings. The summed E-state index contributed by atoms with van der Waals surface area (Å²) in [7, 11) is 0. The van der Waals surface area contributed by atoms with Crippen molar-refractivity contribution in [1.29, 1.82) is 0 Å². The highest BCUT2D eigenvalue weighted by Crippen LogP contribution is 2.38. The first kappa shape index (κ1) is 15.5. The van der Waals surface area contributed by atoms with E-state index in [0.29, 0.717) is 12.0 Å². The Bertz CT molecular complexity index is 419. The van der Waals surface area contributed by atoms with Crippen molar-refractivity contribution in [3.63, 3.8) is 0 Å². The molecule has 1 saturated carbocycles. The van der Waals surface area contributed by atoms with Crippen molar-refractivity contribution in [2.24, 2.45) is 17.7 Å². The summed E-state index contributed by atoms with van der Waals surface area (Å²) in [6, 6.07) is 7.08. The minimum atomic E-state index is 0.317. The molecule has 1 aromatic rings.